The molecule has 0 atom stereocenters. The third kappa shape index (κ3) is 3.96. The maximum atomic E-state index is 11.6. The van der Waals surface area contributed by atoms with Gasteiger partial charge in [0.25, 0.3) is 0 Å². The first-order chi connectivity index (χ1) is 9.19. The number of anilines is 1. The summed E-state index contributed by atoms with van der Waals surface area (Å²) in [5.41, 5.74) is 7.81. The van der Waals surface area contributed by atoms with E-state index in [2.05, 4.69) is 17.0 Å². The van der Waals surface area contributed by atoms with Gasteiger partial charge in [0, 0.05) is 44.8 Å². The Balaban J connectivity index is 1.74. The summed E-state index contributed by atoms with van der Waals surface area (Å²) in [6.07, 6.45) is 1.66. The summed E-state index contributed by atoms with van der Waals surface area (Å²) in [7, 11) is 0. The molecular weight excluding hydrogens is 238 g/mol. The van der Waals surface area contributed by atoms with Gasteiger partial charge < -0.3 is 10.6 Å². The first kappa shape index (κ1) is 13.9. The molecule has 0 radical (unpaired) electrons. The highest BCUT2D eigenvalue weighted by Crippen LogP contribution is 2.09. The zero-order valence-electron chi connectivity index (χ0n) is 11.6. The van der Waals surface area contributed by atoms with Crippen LogP contribution in [-0.2, 0) is 11.2 Å². The van der Waals surface area contributed by atoms with Gasteiger partial charge in [0.1, 0.15) is 0 Å². The van der Waals surface area contributed by atoms with E-state index in [-0.39, 0.29) is 5.91 Å². The fourth-order valence-corrected chi connectivity index (χ4v) is 2.42. The molecule has 0 saturated carbocycles. The fourth-order valence-electron chi connectivity index (χ4n) is 2.42. The highest BCUT2D eigenvalue weighted by molar-refractivity contribution is 5.75. The largest absolute Gasteiger partial charge is 0.399 e. The molecule has 1 amide bonds. The summed E-state index contributed by atoms with van der Waals surface area (Å²) in [5.74, 6) is 0.276. The molecule has 0 aromatic heterocycles. The van der Waals surface area contributed by atoms with Gasteiger partial charge in [-0.3, -0.25) is 9.69 Å². The topological polar surface area (TPSA) is 49.6 Å². The van der Waals surface area contributed by atoms with E-state index in [1.807, 2.05) is 24.0 Å². The molecule has 4 heteroatoms. The molecule has 1 aromatic carbocycles. The average molecular weight is 261 g/mol. The van der Waals surface area contributed by atoms with E-state index in [0.29, 0.717) is 6.42 Å². The van der Waals surface area contributed by atoms with Crippen molar-refractivity contribution in [2.75, 3.05) is 38.5 Å². The van der Waals surface area contributed by atoms with Crippen molar-refractivity contribution in [1.82, 2.24) is 9.80 Å². The predicted molar refractivity (Wildman–Crippen MR) is 77.9 cm³/mol. The lowest BCUT2D eigenvalue weighted by Gasteiger charge is -2.34. The quantitative estimate of drug-likeness (QED) is 0.833. The first-order valence-corrected chi connectivity index (χ1v) is 7.03. The van der Waals surface area contributed by atoms with E-state index in [1.165, 1.54) is 5.56 Å². The number of nitrogen functional groups attached to an aromatic ring is 1. The first-order valence-electron chi connectivity index (χ1n) is 7.03. The number of amides is 1. The monoisotopic (exact) mass is 261 g/mol. The van der Waals surface area contributed by atoms with Gasteiger partial charge in [0.2, 0.25) is 5.91 Å². The smallest absolute Gasteiger partial charge is 0.222 e. The van der Waals surface area contributed by atoms with E-state index in [1.54, 1.807) is 0 Å². The Morgan fingerprint density at radius 1 is 1.16 bits per heavy atom. The van der Waals surface area contributed by atoms with Gasteiger partial charge in [0.05, 0.1) is 0 Å². The van der Waals surface area contributed by atoms with Gasteiger partial charge in [-0.05, 0) is 24.1 Å². The highest BCUT2D eigenvalue weighted by Gasteiger charge is 2.19. The van der Waals surface area contributed by atoms with Crippen LogP contribution in [0.3, 0.4) is 0 Å². The van der Waals surface area contributed by atoms with Crippen LogP contribution < -0.4 is 5.73 Å². The van der Waals surface area contributed by atoms with Gasteiger partial charge in [0.15, 0.2) is 0 Å². The predicted octanol–water partition coefficient (Wildman–Crippen LogP) is 1.37. The van der Waals surface area contributed by atoms with Crippen molar-refractivity contribution >= 4 is 11.6 Å². The maximum Gasteiger partial charge on any atom is 0.222 e. The Bertz CT molecular complexity index is 408. The van der Waals surface area contributed by atoms with Gasteiger partial charge >= 0.3 is 0 Å². The van der Waals surface area contributed by atoms with Crippen LogP contribution >= 0.6 is 0 Å². The lowest BCUT2D eigenvalue weighted by Crippen LogP contribution is -2.48. The molecule has 2 N–H and O–H groups in total. The van der Waals surface area contributed by atoms with Crippen LogP contribution in [0.2, 0.25) is 0 Å². The molecule has 0 aliphatic carbocycles. The minimum absolute atomic E-state index is 0.276. The number of carbonyl (C=O) groups is 1. The maximum absolute atomic E-state index is 11.6. The van der Waals surface area contributed by atoms with Crippen LogP contribution in [-0.4, -0.2) is 48.4 Å². The number of hydrogen-bond donors (Lipinski definition) is 1. The summed E-state index contributed by atoms with van der Waals surface area (Å²) >= 11 is 0. The third-order valence-corrected chi connectivity index (χ3v) is 3.72. The van der Waals surface area contributed by atoms with Crippen LogP contribution in [0.25, 0.3) is 0 Å². The van der Waals surface area contributed by atoms with Crippen molar-refractivity contribution in [3.05, 3.63) is 29.8 Å². The summed E-state index contributed by atoms with van der Waals surface area (Å²) < 4.78 is 0. The molecule has 1 aliphatic heterocycles. The number of benzene rings is 1. The molecule has 1 aliphatic rings. The summed E-state index contributed by atoms with van der Waals surface area (Å²) in [6, 6.07) is 8.08. The van der Waals surface area contributed by atoms with Crippen molar-refractivity contribution in [2.24, 2.45) is 0 Å². The molecular formula is C15H23N3O. The summed E-state index contributed by atoms with van der Waals surface area (Å²) in [6.45, 7) is 6.69. The molecule has 104 valence electrons. The molecule has 1 heterocycles. The van der Waals surface area contributed by atoms with Crippen molar-refractivity contribution in [3.63, 3.8) is 0 Å². The standard InChI is InChI=1S/C15H23N3O/c1-2-15(19)18-11-9-17(10-12-18)8-7-13-3-5-14(16)6-4-13/h3-6H,2,7-12,16H2,1H3. The molecule has 1 aromatic rings. The minimum Gasteiger partial charge on any atom is -0.399 e. The second kappa shape index (κ2) is 6.57. The molecule has 0 spiro atoms. The molecule has 0 bridgehead atoms. The second-order valence-electron chi connectivity index (χ2n) is 5.07. The minimum atomic E-state index is 0.276. The Hall–Kier alpha value is -1.55. The number of nitrogens with two attached hydrogens (primary N) is 1. The molecule has 1 fully saturated rings. The van der Waals surface area contributed by atoms with Crippen molar-refractivity contribution in [3.8, 4) is 0 Å². The van der Waals surface area contributed by atoms with Crippen LogP contribution in [0.1, 0.15) is 18.9 Å². The highest BCUT2D eigenvalue weighted by atomic mass is 16.2. The lowest BCUT2D eigenvalue weighted by molar-refractivity contribution is -0.132. The SMILES string of the molecule is CCC(=O)N1CCN(CCc2ccc(N)cc2)CC1. The molecule has 19 heavy (non-hydrogen) atoms. The third-order valence-electron chi connectivity index (χ3n) is 3.72. The number of carbonyl (C=O) groups excluding carboxylic acids is 1. The van der Waals surface area contributed by atoms with Gasteiger partial charge in [-0.1, -0.05) is 19.1 Å². The fraction of sp³-hybridized carbons (Fsp3) is 0.533. The Kier molecular flexibility index (Phi) is 4.80. The van der Waals surface area contributed by atoms with Gasteiger partial charge in [-0.2, -0.15) is 0 Å². The van der Waals surface area contributed by atoms with Crippen molar-refractivity contribution in [1.29, 1.82) is 0 Å². The van der Waals surface area contributed by atoms with Crippen LogP contribution in [0, 0.1) is 0 Å². The van der Waals surface area contributed by atoms with Gasteiger partial charge in [-0.25, -0.2) is 0 Å². The van der Waals surface area contributed by atoms with Gasteiger partial charge in [-0.15, -0.1) is 0 Å². The molecule has 2 rings (SSSR count). The van der Waals surface area contributed by atoms with Crippen LogP contribution in [0.4, 0.5) is 5.69 Å². The normalized spacial score (nSPS) is 16.6. The molecule has 4 nitrogen and oxygen atoms in total. The Morgan fingerprint density at radius 3 is 2.37 bits per heavy atom. The molecule has 0 unspecified atom stereocenters. The Labute approximate surface area is 115 Å². The van der Waals surface area contributed by atoms with E-state index in [4.69, 9.17) is 5.73 Å². The number of hydrogen-bond acceptors (Lipinski definition) is 3. The summed E-state index contributed by atoms with van der Waals surface area (Å²) in [5, 5.41) is 0. The van der Waals surface area contributed by atoms with Crippen LogP contribution in [0.5, 0.6) is 0 Å². The van der Waals surface area contributed by atoms with E-state index in [9.17, 15) is 4.79 Å². The molecule has 1 saturated heterocycles. The number of nitrogens with zero attached hydrogens (tertiary/aromatic N) is 2. The zero-order chi connectivity index (χ0) is 13.7. The zero-order valence-corrected chi connectivity index (χ0v) is 11.6. The van der Waals surface area contributed by atoms with Crippen molar-refractivity contribution in [2.45, 2.75) is 19.8 Å². The lowest BCUT2D eigenvalue weighted by atomic mass is 10.1. The second-order valence-corrected chi connectivity index (χ2v) is 5.07. The van der Waals surface area contributed by atoms with E-state index in [0.717, 1.165) is 44.8 Å². The summed E-state index contributed by atoms with van der Waals surface area (Å²) in [4.78, 5) is 16.0. The number of rotatable bonds is 4. The number of piperazine rings is 1. The Morgan fingerprint density at radius 2 is 1.79 bits per heavy atom. The van der Waals surface area contributed by atoms with Crippen molar-refractivity contribution < 1.29 is 4.79 Å². The average Bonchev–Trinajstić information content (AvgIpc) is 2.46. The van der Waals surface area contributed by atoms with Crippen LogP contribution in [0.15, 0.2) is 24.3 Å². The van der Waals surface area contributed by atoms with E-state index < -0.39 is 0 Å². The van der Waals surface area contributed by atoms with E-state index >= 15 is 0 Å².